The fourth-order valence-electron chi connectivity index (χ4n) is 3.60. The highest BCUT2D eigenvalue weighted by molar-refractivity contribution is 7.89. The molecule has 0 bridgehead atoms. The van der Waals surface area contributed by atoms with E-state index in [0.29, 0.717) is 31.6 Å². The summed E-state index contributed by atoms with van der Waals surface area (Å²) in [4.78, 5) is 11.4. The van der Waals surface area contributed by atoms with Crippen LogP contribution in [0.3, 0.4) is 0 Å². The number of thiophene rings is 1. The van der Waals surface area contributed by atoms with E-state index < -0.39 is 10.0 Å². The van der Waals surface area contributed by atoms with Crippen LogP contribution in [0, 0.1) is 0 Å². The van der Waals surface area contributed by atoms with Gasteiger partial charge in [0.1, 0.15) is 11.9 Å². The number of hydrogen-bond acceptors (Lipinski definition) is 5. The van der Waals surface area contributed by atoms with E-state index in [1.807, 2.05) is 24.3 Å². The molecular weight excluding hydrogens is 432 g/mol. The summed E-state index contributed by atoms with van der Waals surface area (Å²) < 4.78 is 33.5. The molecule has 1 N–H and O–H groups in total. The van der Waals surface area contributed by atoms with Gasteiger partial charge >= 0.3 is 0 Å². The van der Waals surface area contributed by atoms with E-state index in [0.717, 1.165) is 11.3 Å². The normalized spacial score (nSPS) is 15.5. The molecule has 6 nitrogen and oxygen atoms in total. The fourth-order valence-corrected chi connectivity index (χ4v) is 5.73. The molecule has 2 aromatic carbocycles. The SMILES string of the molecule is CC(=O)Nc1ccc(S(=O)(=O)N2CCC(Oc3ccc(-c4ccsc4)cc3)CC2)cc1. The predicted octanol–water partition coefficient (Wildman–Crippen LogP) is 4.61. The largest absolute Gasteiger partial charge is 0.490 e. The maximum absolute atomic E-state index is 12.9. The zero-order chi connectivity index (χ0) is 21.8. The van der Waals surface area contributed by atoms with Crippen molar-refractivity contribution in [1.82, 2.24) is 4.31 Å². The lowest BCUT2D eigenvalue weighted by molar-refractivity contribution is -0.114. The highest BCUT2D eigenvalue weighted by Gasteiger charge is 2.30. The number of sulfonamides is 1. The lowest BCUT2D eigenvalue weighted by Gasteiger charge is -2.31. The second kappa shape index (κ2) is 9.21. The van der Waals surface area contributed by atoms with Crippen molar-refractivity contribution >= 4 is 33.0 Å². The topological polar surface area (TPSA) is 75.7 Å². The average molecular weight is 457 g/mol. The third-order valence-electron chi connectivity index (χ3n) is 5.22. The Morgan fingerprint density at radius 3 is 2.26 bits per heavy atom. The van der Waals surface area contributed by atoms with Crippen molar-refractivity contribution in [3.05, 3.63) is 65.4 Å². The average Bonchev–Trinajstić information content (AvgIpc) is 3.30. The zero-order valence-electron chi connectivity index (χ0n) is 17.2. The van der Waals surface area contributed by atoms with Crippen molar-refractivity contribution in [3.8, 4) is 16.9 Å². The molecule has 1 aliphatic heterocycles. The quantitative estimate of drug-likeness (QED) is 0.588. The van der Waals surface area contributed by atoms with E-state index in [9.17, 15) is 13.2 Å². The van der Waals surface area contributed by atoms with Crippen LogP contribution in [0.5, 0.6) is 5.75 Å². The van der Waals surface area contributed by atoms with Gasteiger partial charge in [-0.25, -0.2) is 8.42 Å². The molecule has 2 heterocycles. The Kier molecular flexibility index (Phi) is 6.41. The summed E-state index contributed by atoms with van der Waals surface area (Å²) in [7, 11) is -3.57. The minimum atomic E-state index is -3.57. The van der Waals surface area contributed by atoms with E-state index in [-0.39, 0.29) is 16.9 Å². The van der Waals surface area contributed by atoms with Crippen molar-refractivity contribution < 1.29 is 17.9 Å². The van der Waals surface area contributed by atoms with Crippen molar-refractivity contribution in [2.45, 2.75) is 30.8 Å². The van der Waals surface area contributed by atoms with E-state index in [1.54, 1.807) is 23.5 Å². The molecule has 0 atom stereocenters. The fraction of sp³-hybridized carbons (Fsp3) is 0.261. The Balaban J connectivity index is 1.34. The molecule has 1 aromatic heterocycles. The number of rotatable bonds is 6. The summed E-state index contributed by atoms with van der Waals surface area (Å²) in [5.74, 6) is 0.604. The second-order valence-corrected chi connectivity index (χ2v) is 10.2. The summed E-state index contributed by atoms with van der Waals surface area (Å²) in [6, 6.07) is 16.4. The minimum absolute atomic E-state index is 0.0133. The monoisotopic (exact) mass is 456 g/mol. The van der Waals surface area contributed by atoms with Gasteiger partial charge in [-0.3, -0.25) is 4.79 Å². The van der Waals surface area contributed by atoms with Gasteiger partial charge < -0.3 is 10.1 Å². The number of amides is 1. The summed E-state index contributed by atoms with van der Waals surface area (Å²) >= 11 is 1.67. The van der Waals surface area contributed by atoms with E-state index in [1.165, 1.54) is 28.9 Å². The van der Waals surface area contributed by atoms with Crippen molar-refractivity contribution in [2.24, 2.45) is 0 Å². The number of piperidine rings is 1. The first-order chi connectivity index (χ1) is 14.9. The van der Waals surface area contributed by atoms with Crippen LogP contribution in [0.4, 0.5) is 5.69 Å². The molecule has 1 amide bonds. The van der Waals surface area contributed by atoms with Crippen LogP contribution in [-0.4, -0.2) is 37.8 Å². The Morgan fingerprint density at radius 2 is 1.68 bits per heavy atom. The number of carbonyl (C=O) groups excluding carboxylic acids is 1. The second-order valence-electron chi connectivity index (χ2n) is 7.46. The molecule has 4 rings (SSSR count). The number of nitrogens with zero attached hydrogens (tertiary/aromatic N) is 1. The maximum atomic E-state index is 12.9. The third kappa shape index (κ3) is 5.15. The first kappa shape index (κ1) is 21.5. The molecule has 162 valence electrons. The number of benzene rings is 2. The number of nitrogens with one attached hydrogen (secondary N) is 1. The van der Waals surface area contributed by atoms with Crippen LogP contribution >= 0.6 is 11.3 Å². The number of ether oxygens (including phenoxy) is 1. The van der Waals surface area contributed by atoms with Crippen LogP contribution in [0.25, 0.3) is 11.1 Å². The number of hydrogen-bond donors (Lipinski definition) is 1. The Morgan fingerprint density at radius 1 is 1.00 bits per heavy atom. The van der Waals surface area contributed by atoms with Crippen molar-refractivity contribution in [2.75, 3.05) is 18.4 Å². The summed E-state index contributed by atoms with van der Waals surface area (Å²) in [6.07, 6.45) is 1.26. The van der Waals surface area contributed by atoms with Gasteiger partial charge in [0.15, 0.2) is 0 Å². The lowest BCUT2D eigenvalue weighted by Crippen LogP contribution is -2.41. The highest BCUT2D eigenvalue weighted by Crippen LogP contribution is 2.27. The van der Waals surface area contributed by atoms with Crippen LogP contribution in [0.15, 0.2) is 70.3 Å². The first-order valence-electron chi connectivity index (χ1n) is 10.1. The molecule has 0 unspecified atom stereocenters. The van der Waals surface area contributed by atoms with Crippen molar-refractivity contribution in [1.29, 1.82) is 0 Å². The molecule has 0 saturated carbocycles. The molecule has 1 aliphatic rings. The van der Waals surface area contributed by atoms with E-state index >= 15 is 0 Å². The zero-order valence-corrected chi connectivity index (χ0v) is 18.8. The van der Waals surface area contributed by atoms with E-state index in [2.05, 4.69) is 22.1 Å². The molecule has 0 radical (unpaired) electrons. The standard InChI is InChI=1S/C23H24N2O4S2/c1-17(26)24-20-4-8-23(9-5-20)31(27,28)25-13-10-22(11-14-25)29-21-6-2-18(3-7-21)19-12-15-30-16-19/h2-9,12,15-16,22H,10-11,13-14H2,1H3,(H,24,26). The Bertz CT molecular complexity index is 1120. The van der Waals surface area contributed by atoms with Gasteiger partial charge in [-0.15, -0.1) is 0 Å². The molecule has 3 aromatic rings. The summed E-state index contributed by atoms with van der Waals surface area (Å²) in [5, 5.41) is 6.80. The summed E-state index contributed by atoms with van der Waals surface area (Å²) in [5.41, 5.74) is 2.92. The third-order valence-corrected chi connectivity index (χ3v) is 7.82. The molecule has 0 spiro atoms. The lowest BCUT2D eigenvalue weighted by atomic mass is 10.1. The van der Waals surface area contributed by atoms with Crippen LogP contribution < -0.4 is 10.1 Å². The Labute approximate surface area is 186 Å². The van der Waals surface area contributed by atoms with Gasteiger partial charge in [0.2, 0.25) is 15.9 Å². The first-order valence-corrected chi connectivity index (χ1v) is 12.5. The van der Waals surface area contributed by atoms with E-state index in [4.69, 9.17) is 4.74 Å². The van der Waals surface area contributed by atoms with Gasteiger partial charge in [0.25, 0.3) is 0 Å². The van der Waals surface area contributed by atoms with Gasteiger partial charge in [-0.2, -0.15) is 15.6 Å². The minimum Gasteiger partial charge on any atom is -0.490 e. The number of anilines is 1. The molecule has 1 saturated heterocycles. The van der Waals surface area contributed by atoms with Crippen LogP contribution in [0.2, 0.25) is 0 Å². The van der Waals surface area contributed by atoms with Crippen LogP contribution in [0.1, 0.15) is 19.8 Å². The molecular formula is C23H24N2O4S2. The highest BCUT2D eigenvalue weighted by atomic mass is 32.2. The molecule has 31 heavy (non-hydrogen) atoms. The van der Waals surface area contributed by atoms with Gasteiger partial charge in [-0.1, -0.05) is 12.1 Å². The molecule has 1 fully saturated rings. The van der Waals surface area contributed by atoms with Gasteiger partial charge in [0, 0.05) is 25.7 Å². The van der Waals surface area contributed by atoms with Gasteiger partial charge in [0.05, 0.1) is 4.90 Å². The van der Waals surface area contributed by atoms with Crippen LogP contribution in [-0.2, 0) is 14.8 Å². The maximum Gasteiger partial charge on any atom is 0.243 e. The Hall–Kier alpha value is -2.68. The van der Waals surface area contributed by atoms with Gasteiger partial charge in [-0.05, 0) is 77.2 Å². The summed E-state index contributed by atoms with van der Waals surface area (Å²) in [6.45, 7) is 2.23. The smallest absolute Gasteiger partial charge is 0.243 e. The number of carbonyl (C=O) groups is 1. The van der Waals surface area contributed by atoms with Crippen molar-refractivity contribution in [3.63, 3.8) is 0 Å². The molecule has 8 heteroatoms. The molecule has 0 aliphatic carbocycles. The predicted molar refractivity (Wildman–Crippen MR) is 123 cm³/mol.